The van der Waals surface area contributed by atoms with Crippen LogP contribution in [0.1, 0.15) is 17.3 Å². The Labute approximate surface area is 109 Å². The van der Waals surface area contributed by atoms with Crippen molar-refractivity contribution in [2.75, 3.05) is 6.61 Å². The van der Waals surface area contributed by atoms with E-state index >= 15 is 0 Å². The van der Waals surface area contributed by atoms with Gasteiger partial charge in [-0.15, -0.1) is 11.3 Å². The maximum absolute atomic E-state index is 11.7. The van der Waals surface area contributed by atoms with Gasteiger partial charge < -0.3 is 4.74 Å². The second-order valence-corrected chi connectivity index (χ2v) is 5.11. The van der Waals surface area contributed by atoms with Gasteiger partial charge in [0.25, 0.3) is 0 Å². The van der Waals surface area contributed by atoms with Gasteiger partial charge in [0.05, 0.1) is 12.2 Å². The monoisotopic (exact) mass is 256 g/mol. The zero-order valence-corrected chi connectivity index (χ0v) is 10.8. The smallest absolute Gasteiger partial charge is 0.338 e. The van der Waals surface area contributed by atoms with Crippen molar-refractivity contribution in [3.63, 3.8) is 0 Å². The van der Waals surface area contributed by atoms with Crippen LogP contribution in [0.4, 0.5) is 0 Å². The second-order valence-electron chi connectivity index (χ2n) is 4.03. The molecule has 0 fully saturated rings. The zero-order chi connectivity index (χ0) is 12.5. The van der Waals surface area contributed by atoms with E-state index in [1.54, 1.807) is 11.3 Å². The number of hydrogen-bond acceptors (Lipinski definition) is 3. The Morgan fingerprint density at radius 3 is 2.72 bits per heavy atom. The summed E-state index contributed by atoms with van der Waals surface area (Å²) in [4.78, 5) is 11.7. The molecule has 90 valence electrons. The summed E-state index contributed by atoms with van der Waals surface area (Å²) in [6, 6.07) is 14.0. The molecule has 3 rings (SSSR count). The predicted molar refractivity (Wildman–Crippen MR) is 75.3 cm³/mol. The summed E-state index contributed by atoms with van der Waals surface area (Å²) in [5.74, 6) is -0.253. The van der Waals surface area contributed by atoms with E-state index in [1.165, 1.54) is 15.5 Å². The van der Waals surface area contributed by atoms with Crippen molar-refractivity contribution in [1.29, 1.82) is 0 Å². The lowest BCUT2D eigenvalue weighted by molar-refractivity contribution is 0.0526. The molecule has 3 heteroatoms. The van der Waals surface area contributed by atoms with E-state index < -0.39 is 0 Å². The lowest BCUT2D eigenvalue weighted by atomic mass is 10.1. The van der Waals surface area contributed by atoms with Gasteiger partial charge in [-0.3, -0.25) is 0 Å². The van der Waals surface area contributed by atoms with Gasteiger partial charge in [0, 0.05) is 20.2 Å². The van der Waals surface area contributed by atoms with Crippen LogP contribution in [0.3, 0.4) is 0 Å². The van der Waals surface area contributed by atoms with Crippen LogP contribution < -0.4 is 0 Å². The number of hydrogen-bond donors (Lipinski definition) is 0. The summed E-state index contributed by atoms with van der Waals surface area (Å²) in [6.45, 7) is 2.22. The number of benzene rings is 2. The fraction of sp³-hybridized carbons (Fsp3) is 0.133. The number of esters is 1. The predicted octanol–water partition coefficient (Wildman–Crippen LogP) is 4.23. The number of ether oxygens (including phenoxy) is 1. The largest absolute Gasteiger partial charge is 0.462 e. The van der Waals surface area contributed by atoms with Gasteiger partial charge in [-0.2, -0.15) is 0 Å². The van der Waals surface area contributed by atoms with Gasteiger partial charge in [-0.05, 0) is 25.1 Å². The Kier molecular flexibility index (Phi) is 2.76. The first kappa shape index (κ1) is 11.2. The Balaban J connectivity index is 2.18. The van der Waals surface area contributed by atoms with Gasteiger partial charge in [0.15, 0.2) is 0 Å². The third-order valence-corrected chi connectivity index (χ3v) is 4.02. The summed E-state index contributed by atoms with van der Waals surface area (Å²) < 4.78 is 7.39. The fourth-order valence-corrected chi connectivity index (χ4v) is 3.21. The molecule has 3 aromatic rings. The van der Waals surface area contributed by atoms with Gasteiger partial charge >= 0.3 is 5.97 Å². The van der Waals surface area contributed by atoms with Crippen LogP contribution in [0.25, 0.3) is 20.2 Å². The van der Waals surface area contributed by atoms with E-state index in [9.17, 15) is 4.79 Å². The molecule has 0 aliphatic heterocycles. The highest BCUT2D eigenvalue weighted by atomic mass is 32.1. The van der Waals surface area contributed by atoms with Crippen molar-refractivity contribution in [1.82, 2.24) is 0 Å². The molecule has 0 bridgehead atoms. The minimum Gasteiger partial charge on any atom is -0.462 e. The zero-order valence-electron chi connectivity index (χ0n) is 9.97. The van der Waals surface area contributed by atoms with Crippen LogP contribution in [-0.2, 0) is 4.74 Å². The molecule has 1 aromatic heterocycles. The van der Waals surface area contributed by atoms with Crippen molar-refractivity contribution in [3.8, 4) is 0 Å². The summed E-state index contributed by atoms with van der Waals surface area (Å²) in [5.41, 5.74) is 0.621. The van der Waals surface area contributed by atoms with Crippen molar-refractivity contribution in [2.24, 2.45) is 0 Å². The van der Waals surface area contributed by atoms with E-state index in [-0.39, 0.29) is 5.97 Å². The normalized spacial score (nSPS) is 10.9. The molecule has 0 amide bonds. The van der Waals surface area contributed by atoms with Crippen LogP contribution in [0, 0.1) is 0 Å². The Morgan fingerprint density at radius 2 is 1.89 bits per heavy atom. The minimum absolute atomic E-state index is 0.253. The SMILES string of the molecule is CCOC(=O)c1ccc2c(c1)sc1ccccc12. The summed E-state index contributed by atoms with van der Waals surface area (Å²) >= 11 is 1.70. The van der Waals surface area contributed by atoms with E-state index in [4.69, 9.17) is 4.74 Å². The number of carbonyl (C=O) groups is 1. The van der Waals surface area contributed by atoms with Gasteiger partial charge in [0.2, 0.25) is 0 Å². The summed E-state index contributed by atoms with van der Waals surface area (Å²) in [7, 11) is 0. The molecule has 0 radical (unpaired) electrons. The molecule has 0 saturated carbocycles. The quantitative estimate of drug-likeness (QED) is 0.641. The maximum atomic E-state index is 11.7. The Hall–Kier alpha value is -1.87. The maximum Gasteiger partial charge on any atom is 0.338 e. The topological polar surface area (TPSA) is 26.3 Å². The van der Waals surface area contributed by atoms with Gasteiger partial charge in [-0.25, -0.2) is 4.79 Å². The van der Waals surface area contributed by atoms with Crippen LogP contribution in [-0.4, -0.2) is 12.6 Å². The average Bonchev–Trinajstić information content (AvgIpc) is 2.76. The van der Waals surface area contributed by atoms with Crippen molar-refractivity contribution in [3.05, 3.63) is 48.0 Å². The highest BCUT2D eigenvalue weighted by Crippen LogP contribution is 2.34. The third kappa shape index (κ3) is 1.77. The standard InChI is InChI=1S/C15H12O2S/c1-2-17-15(16)10-7-8-12-11-5-3-4-6-13(11)18-14(12)9-10/h3-9H,2H2,1H3. The van der Waals surface area contributed by atoms with Gasteiger partial charge in [0.1, 0.15) is 0 Å². The lowest BCUT2D eigenvalue weighted by Gasteiger charge is -2.01. The second kappa shape index (κ2) is 4.42. The molecule has 0 aliphatic rings. The molecule has 1 heterocycles. The molecule has 2 nitrogen and oxygen atoms in total. The minimum atomic E-state index is -0.253. The van der Waals surface area contributed by atoms with Crippen LogP contribution in [0.5, 0.6) is 0 Å². The van der Waals surface area contributed by atoms with Gasteiger partial charge in [-0.1, -0.05) is 24.3 Å². The first-order valence-electron chi connectivity index (χ1n) is 5.88. The first-order valence-corrected chi connectivity index (χ1v) is 6.69. The van der Waals surface area contributed by atoms with E-state index in [2.05, 4.69) is 12.1 Å². The molecular formula is C15H12O2S. The summed E-state index contributed by atoms with van der Waals surface area (Å²) in [5, 5.41) is 2.44. The van der Waals surface area contributed by atoms with E-state index in [0.717, 1.165) is 4.70 Å². The van der Waals surface area contributed by atoms with Crippen molar-refractivity contribution < 1.29 is 9.53 Å². The number of fused-ring (bicyclic) bond motifs is 3. The molecule has 0 atom stereocenters. The molecular weight excluding hydrogens is 244 g/mol. The molecule has 0 saturated heterocycles. The highest BCUT2D eigenvalue weighted by Gasteiger charge is 2.10. The Bertz CT molecular complexity index is 728. The fourth-order valence-electron chi connectivity index (χ4n) is 2.07. The van der Waals surface area contributed by atoms with Crippen LogP contribution in [0.15, 0.2) is 42.5 Å². The van der Waals surface area contributed by atoms with Crippen molar-refractivity contribution in [2.45, 2.75) is 6.92 Å². The molecule has 2 aromatic carbocycles. The number of thiophene rings is 1. The molecule has 0 spiro atoms. The highest BCUT2D eigenvalue weighted by molar-refractivity contribution is 7.25. The lowest BCUT2D eigenvalue weighted by Crippen LogP contribution is -2.03. The van der Waals surface area contributed by atoms with E-state index in [1.807, 2.05) is 37.3 Å². The average molecular weight is 256 g/mol. The molecule has 0 unspecified atom stereocenters. The number of carbonyl (C=O) groups excluding carboxylic acids is 1. The number of rotatable bonds is 2. The molecule has 0 N–H and O–H groups in total. The first-order chi connectivity index (χ1) is 8.79. The molecule has 0 aliphatic carbocycles. The Morgan fingerprint density at radius 1 is 1.11 bits per heavy atom. The van der Waals surface area contributed by atoms with Crippen LogP contribution in [0.2, 0.25) is 0 Å². The molecule has 18 heavy (non-hydrogen) atoms. The van der Waals surface area contributed by atoms with Crippen LogP contribution >= 0.6 is 11.3 Å². The van der Waals surface area contributed by atoms with Crippen molar-refractivity contribution >= 4 is 37.5 Å². The third-order valence-electron chi connectivity index (χ3n) is 2.89. The summed E-state index contributed by atoms with van der Waals surface area (Å²) in [6.07, 6.45) is 0. The van der Waals surface area contributed by atoms with E-state index in [0.29, 0.717) is 12.2 Å².